The van der Waals surface area contributed by atoms with E-state index in [4.69, 9.17) is 16.0 Å². The van der Waals surface area contributed by atoms with Gasteiger partial charge in [-0.05, 0) is 36.2 Å². The van der Waals surface area contributed by atoms with Gasteiger partial charge in [-0.1, -0.05) is 19.1 Å². The lowest BCUT2D eigenvalue weighted by molar-refractivity contribution is -0.113. The maximum Gasteiger partial charge on any atom is 0.239 e. The van der Waals surface area contributed by atoms with Gasteiger partial charge in [0.25, 0.3) is 0 Å². The van der Waals surface area contributed by atoms with Crippen LogP contribution in [0.15, 0.2) is 46.9 Å². The number of carbonyl (C=O) groups excluding carboxylic acids is 1. The summed E-state index contributed by atoms with van der Waals surface area (Å²) >= 11 is 5.48. The van der Waals surface area contributed by atoms with Crippen molar-refractivity contribution in [1.29, 1.82) is 0 Å². The zero-order valence-corrected chi connectivity index (χ0v) is 12.9. The van der Waals surface area contributed by atoms with Crippen LogP contribution in [-0.2, 0) is 11.2 Å². The molecule has 1 aromatic heterocycles. The SMILES string of the molecule is CCc1ccc(-c2nc3ccc(NC(=O)CCl)cc3o2)cc1. The number of nitrogens with zero attached hydrogens (tertiary/aromatic N) is 1. The molecule has 0 unspecified atom stereocenters. The molecule has 0 radical (unpaired) electrons. The molecule has 2 aromatic carbocycles. The van der Waals surface area contributed by atoms with Gasteiger partial charge in [-0.25, -0.2) is 4.98 Å². The molecule has 0 aliphatic heterocycles. The Morgan fingerprint density at radius 2 is 2.00 bits per heavy atom. The number of halogens is 1. The number of carbonyl (C=O) groups is 1. The molecule has 5 heteroatoms. The number of amides is 1. The lowest BCUT2D eigenvalue weighted by Gasteiger charge is -2.01. The first-order valence-corrected chi connectivity index (χ1v) is 7.58. The number of benzene rings is 2. The van der Waals surface area contributed by atoms with Crippen LogP contribution < -0.4 is 5.32 Å². The third kappa shape index (κ3) is 2.97. The summed E-state index contributed by atoms with van der Waals surface area (Å²) in [5.74, 6) is 0.234. The predicted molar refractivity (Wildman–Crippen MR) is 88.2 cm³/mol. The van der Waals surface area contributed by atoms with Crippen molar-refractivity contribution in [3.05, 3.63) is 48.0 Å². The molecular weight excluding hydrogens is 300 g/mol. The van der Waals surface area contributed by atoms with Crippen molar-refractivity contribution < 1.29 is 9.21 Å². The summed E-state index contributed by atoms with van der Waals surface area (Å²) in [6.07, 6.45) is 0.997. The molecular formula is C17H15ClN2O2. The number of hydrogen-bond acceptors (Lipinski definition) is 3. The molecule has 112 valence electrons. The number of alkyl halides is 1. The fraction of sp³-hybridized carbons (Fsp3) is 0.176. The standard InChI is InChI=1S/C17H15ClN2O2/c1-2-11-3-5-12(6-4-11)17-20-14-8-7-13(9-15(14)22-17)19-16(21)10-18/h3-9H,2,10H2,1H3,(H,19,21). The van der Waals surface area contributed by atoms with E-state index in [2.05, 4.69) is 29.4 Å². The number of rotatable bonds is 4. The minimum absolute atomic E-state index is 0.0799. The number of aromatic nitrogens is 1. The van der Waals surface area contributed by atoms with E-state index in [0.29, 0.717) is 17.2 Å². The third-order valence-electron chi connectivity index (χ3n) is 3.40. The van der Waals surface area contributed by atoms with Gasteiger partial charge in [-0.15, -0.1) is 11.6 Å². The van der Waals surface area contributed by atoms with Crippen molar-refractivity contribution in [2.75, 3.05) is 11.2 Å². The Labute approximate surface area is 133 Å². The smallest absolute Gasteiger partial charge is 0.239 e. The summed E-state index contributed by atoms with van der Waals surface area (Å²) in [5, 5.41) is 2.69. The summed E-state index contributed by atoms with van der Waals surface area (Å²) < 4.78 is 5.79. The summed E-state index contributed by atoms with van der Waals surface area (Å²) in [6, 6.07) is 13.5. The maximum absolute atomic E-state index is 11.3. The Balaban J connectivity index is 1.93. The summed E-state index contributed by atoms with van der Waals surface area (Å²) in [6.45, 7) is 2.12. The Morgan fingerprint density at radius 1 is 1.23 bits per heavy atom. The second-order valence-electron chi connectivity index (χ2n) is 4.93. The molecule has 0 bridgehead atoms. The summed E-state index contributed by atoms with van der Waals surface area (Å²) in [7, 11) is 0. The van der Waals surface area contributed by atoms with Crippen LogP contribution in [0.25, 0.3) is 22.6 Å². The quantitative estimate of drug-likeness (QED) is 0.733. The molecule has 0 saturated heterocycles. The van der Waals surface area contributed by atoms with E-state index in [-0.39, 0.29) is 11.8 Å². The molecule has 0 atom stereocenters. The van der Waals surface area contributed by atoms with Gasteiger partial charge in [0.05, 0.1) is 0 Å². The largest absolute Gasteiger partial charge is 0.436 e. The predicted octanol–water partition coefficient (Wildman–Crippen LogP) is 4.23. The average Bonchev–Trinajstić information content (AvgIpc) is 2.98. The second-order valence-corrected chi connectivity index (χ2v) is 5.20. The summed E-state index contributed by atoms with van der Waals surface area (Å²) in [5.41, 5.74) is 4.22. The fourth-order valence-corrected chi connectivity index (χ4v) is 2.27. The molecule has 1 N–H and O–H groups in total. The molecule has 0 fully saturated rings. The molecule has 1 amide bonds. The average molecular weight is 315 g/mol. The highest BCUT2D eigenvalue weighted by Crippen LogP contribution is 2.26. The topological polar surface area (TPSA) is 55.1 Å². The van der Waals surface area contributed by atoms with Gasteiger partial charge in [0.2, 0.25) is 11.8 Å². The Bertz CT molecular complexity index is 809. The van der Waals surface area contributed by atoms with Crippen LogP contribution in [-0.4, -0.2) is 16.8 Å². The van der Waals surface area contributed by atoms with E-state index < -0.39 is 0 Å². The van der Waals surface area contributed by atoms with E-state index in [1.54, 1.807) is 12.1 Å². The Morgan fingerprint density at radius 3 is 2.68 bits per heavy atom. The van der Waals surface area contributed by atoms with E-state index in [9.17, 15) is 4.79 Å². The molecule has 0 spiro atoms. The monoisotopic (exact) mass is 314 g/mol. The minimum atomic E-state index is -0.254. The number of aryl methyl sites for hydroxylation is 1. The van der Waals surface area contributed by atoms with Crippen LogP contribution >= 0.6 is 11.6 Å². The fourth-order valence-electron chi connectivity index (χ4n) is 2.20. The van der Waals surface area contributed by atoms with Crippen LogP contribution in [0.2, 0.25) is 0 Å². The highest BCUT2D eigenvalue weighted by molar-refractivity contribution is 6.29. The molecule has 3 rings (SSSR count). The third-order valence-corrected chi connectivity index (χ3v) is 3.65. The van der Waals surface area contributed by atoms with Crippen molar-refractivity contribution >= 4 is 34.3 Å². The van der Waals surface area contributed by atoms with Crippen LogP contribution in [0, 0.1) is 0 Å². The molecule has 22 heavy (non-hydrogen) atoms. The number of hydrogen-bond donors (Lipinski definition) is 1. The number of anilines is 1. The summed E-state index contributed by atoms with van der Waals surface area (Å²) in [4.78, 5) is 15.8. The lowest BCUT2D eigenvalue weighted by Crippen LogP contribution is -2.12. The van der Waals surface area contributed by atoms with Gasteiger partial charge in [-0.3, -0.25) is 4.79 Å². The highest BCUT2D eigenvalue weighted by Gasteiger charge is 2.09. The minimum Gasteiger partial charge on any atom is -0.436 e. The Kier molecular flexibility index (Phi) is 4.11. The molecule has 0 saturated carbocycles. The van der Waals surface area contributed by atoms with Gasteiger partial charge in [-0.2, -0.15) is 0 Å². The second kappa shape index (κ2) is 6.20. The Hall–Kier alpha value is -2.33. The van der Waals surface area contributed by atoms with Crippen LogP contribution in [0.1, 0.15) is 12.5 Å². The first-order valence-electron chi connectivity index (χ1n) is 7.05. The van der Waals surface area contributed by atoms with E-state index >= 15 is 0 Å². The first kappa shape index (κ1) is 14.6. The van der Waals surface area contributed by atoms with Gasteiger partial charge >= 0.3 is 0 Å². The van der Waals surface area contributed by atoms with Gasteiger partial charge in [0.1, 0.15) is 11.4 Å². The van der Waals surface area contributed by atoms with Crippen LogP contribution in [0.5, 0.6) is 0 Å². The van der Waals surface area contributed by atoms with Crippen molar-refractivity contribution in [2.24, 2.45) is 0 Å². The normalized spacial score (nSPS) is 10.8. The molecule has 4 nitrogen and oxygen atoms in total. The highest BCUT2D eigenvalue weighted by atomic mass is 35.5. The van der Waals surface area contributed by atoms with Gasteiger partial charge in [0.15, 0.2) is 5.58 Å². The van der Waals surface area contributed by atoms with Crippen LogP contribution in [0.3, 0.4) is 0 Å². The van der Waals surface area contributed by atoms with Crippen LogP contribution in [0.4, 0.5) is 5.69 Å². The van der Waals surface area contributed by atoms with Crippen molar-refractivity contribution in [3.63, 3.8) is 0 Å². The van der Waals surface area contributed by atoms with Crippen molar-refractivity contribution in [3.8, 4) is 11.5 Å². The lowest BCUT2D eigenvalue weighted by atomic mass is 10.1. The maximum atomic E-state index is 11.3. The van der Waals surface area contributed by atoms with E-state index in [1.807, 2.05) is 18.2 Å². The van der Waals surface area contributed by atoms with Crippen molar-refractivity contribution in [1.82, 2.24) is 4.98 Å². The van der Waals surface area contributed by atoms with Gasteiger partial charge < -0.3 is 9.73 Å². The first-order chi connectivity index (χ1) is 10.7. The molecule has 0 aliphatic carbocycles. The van der Waals surface area contributed by atoms with Gasteiger partial charge in [0, 0.05) is 17.3 Å². The molecule has 3 aromatic rings. The zero-order chi connectivity index (χ0) is 15.5. The molecule has 1 heterocycles. The number of nitrogens with one attached hydrogen (secondary N) is 1. The van der Waals surface area contributed by atoms with E-state index in [1.165, 1.54) is 5.56 Å². The van der Waals surface area contributed by atoms with E-state index in [0.717, 1.165) is 17.5 Å². The number of fused-ring (bicyclic) bond motifs is 1. The zero-order valence-electron chi connectivity index (χ0n) is 12.1. The number of oxazole rings is 1. The van der Waals surface area contributed by atoms with Crippen molar-refractivity contribution in [2.45, 2.75) is 13.3 Å². The molecule has 0 aliphatic rings.